The van der Waals surface area contributed by atoms with Gasteiger partial charge in [0.2, 0.25) is 0 Å². The predicted octanol–water partition coefficient (Wildman–Crippen LogP) is 4.83. The first-order chi connectivity index (χ1) is 8.97. The summed E-state index contributed by atoms with van der Waals surface area (Å²) in [6.45, 7) is 1.91. The zero-order chi connectivity index (χ0) is 14.0. The number of halogens is 3. The molecule has 0 spiro atoms. The van der Waals surface area contributed by atoms with Gasteiger partial charge in [-0.15, -0.1) is 0 Å². The van der Waals surface area contributed by atoms with E-state index < -0.39 is 6.10 Å². The van der Waals surface area contributed by atoms with Gasteiger partial charge >= 0.3 is 0 Å². The maximum atomic E-state index is 13.1. The summed E-state index contributed by atoms with van der Waals surface area (Å²) >= 11 is 9.17. The molecule has 0 heterocycles. The van der Waals surface area contributed by atoms with E-state index in [1.165, 1.54) is 6.07 Å². The van der Waals surface area contributed by atoms with Crippen LogP contribution in [0.2, 0.25) is 5.02 Å². The Kier molecular flexibility index (Phi) is 4.61. The van der Waals surface area contributed by atoms with Crippen LogP contribution in [0, 0.1) is 12.7 Å². The minimum Gasteiger partial charge on any atom is -0.388 e. The average molecular weight is 344 g/mol. The Morgan fingerprint density at radius 3 is 2.63 bits per heavy atom. The normalized spacial score (nSPS) is 12.5. The van der Waals surface area contributed by atoms with Gasteiger partial charge in [-0.1, -0.05) is 29.8 Å². The topological polar surface area (TPSA) is 20.2 Å². The molecule has 0 aromatic heterocycles. The van der Waals surface area contributed by atoms with E-state index in [9.17, 15) is 9.50 Å². The SMILES string of the molecule is Cc1ccc(C(O)Cc2ccc(F)c(Br)c2)cc1Cl. The third kappa shape index (κ3) is 3.56. The van der Waals surface area contributed by atoms with Crippen LogP contribution in [0.15, 0.2) is 40.9 Å². The molecule has 0 fully saturated rings. The molecular weight excluding hydrogens is 331 g/mol. The summed E-state index contributed by atoms with van der Waals surface area (Å²) in [6.07, 6.45) is -0.242. The molecule has 1 atom stereocenters. The number of aliphatic hydroxyl groups excluding tert-OH is 1. The second-order valence-electron chi connectivity index (χ2n) is 4.48. The fraction of sp³-hybridized carbons (Fsp3) is 0.200. The van der Waals surface area contributed by atoms with Crippen LogP contribution in [0.5, 0.6) is 0 Å². The Morgan fingerprint density at radius 1 is 1.26 bits per heavy atom. The van der Waals surface area contributed by atoms with E-state index in [4.69, 9.17) is 11.6 Å². The molecule has 19 heavy (non-hydrogen) atoms. The van der Waals surface area contributed by atoms with Crippen molar-refractivity contribution in [2.24, 2.45) is 0 Å². The lowest BCUT2D eigenvalue weighted by atomic mass is 10.0. The smallest absolute Gasteiger partial charge is 0.137 e. The van der Waals surface area contributed by atoms with Crippen molar-refractivity contribution in [1.82, 2.24) is 0 Å². The first kappa shape index (κ1) is 14.5. The van der Waals surface area contributed by atoms with Crippen LogP contribution in [0.25, 0.3) is 0 Å². The van der Waals surface area contributed by atoms with Gasteiger partial charge in [0, 0.05) is 11.4 Å². The van der Waals surface area contributed by atoms with Gasteiger partial charge in [-0.05, 0) is 57.7 Å². The summed E-state index contributed by atoms with van der Waals surface area (Å²) < 4.78 is 13.5. The van der Waals surface area contributed by atoms with Crippen molar-refractivity contribution in [2.45, 2.75) is 19.4 Å². The molecule has 0 aliphatic heterocycles. The van der Waals surface area contributed by atoms with Crippen molar-refractivity contribution in [2.75, 3.05) is 0 Å². The molecule has 0 radical (unpaired) electrons. The average Bonchev–Trinajstić information content (AvgIpc) is 2.37. The molecule has 0 saturated heterocycles. The van der Waals surface area contributed by atoms with Gasteiger partial charge in [-0.3, -0.25) is 0 Å². The van der Waals surface area contributed by atoms with Crippen LogP contribution in [0.4, 0.5) is 4.39 Å². The van der Waals surface area contributed by atoms with Crippen molar-refractivity contribution in [1.29, 1.82) is 0 Å². The molecule has 100 valence electrons. The van der Waals surface area contributed by atoms with Crippen LogP contribution in [-0.4, -0.2) is 5.11 Å². The Hall–Kier alpha value is -0.900. The highest BCUT2D eigenvalue weighted by atomic mass is 79.9. The number of aryl methyl sites for hydroxylation is 1. The molecule has 0 amide bonds. The van der Waals surface area contributed by atoms with E-state index >= 15 is 0 Å². The molecular formula is C15H13BrClFO. The van der Waals surface area contributed by atoms with Crippen LogP contribution in [0.3, 0.4) is 0 Å². The van der Waals surface area contributed by atoms with E-state index in [2.05, 4.69) is 15.9 Å². The van der Waals surface area contributed by atoms with E-state index in [-0.39, 0.29) is 5.82 Å². The third-order valence-corrected chi connectivity index (χ3v) is 4.01. The van der Waals surface area contributed by atoms with E-state index in [1.54, 1.807) is 18.2 Å². The molecule has 0 aliphatic rings. The zero-order valence-corrected chi connectivity index (χ0v) is 12.7. The lowest BCUT2D eigenvalue weighted by Gasteiger charge is -2.12. The summed E-state index contributed by atoms with van der Waals surface area (Å²) in [5, 5.41) is 10.8. The maximum Gasteiger partial charge on any atom is 0.137 e. The van der Waals surface area contributed by atoms with Gasteiger partial charge in [-0.25, -0.2) is 4.39 Å². The fourth-order valence-corrected chi connectivity index (χ4v) is 2.44. The summed E-state index contributed by atoms with van der Waals surface area (Å²) in [5.74, 6) is -0.309. The second-order valence-corrected chi connectivity index (χ2v) is 5.74. The predicted molar refractivity (Wildman–Crippen MR) is 79.0 cm³/mol. The number of benzene rings is 2. The largest absolute Gasteiger partial charge is 0.388 e. The van der Waals surface area contributed by atoms with Crippen LogP contribution >= 0.6 is 27.5 Å². The monoisotopic (exact) mass is 342 g/mol. The molecule has 2 aromatic rings. The van der Waals surface area contributed by atoms with Crippen LogP contribution in [0.1, 0.15) is 22.8 Å². The van der Waals surface area contributed by atoms with Crippen LogP contribution in [-0.2, 0) is 6.42 Å². The molecule has 0 saturated carbocycles. The molecule has 4 heteroatoms. The summed E-state index contributed by atoms with van der Waals surface area (Å²) in [5.41, 5.74) is 2.59. The van der Waals surface area contributed by atoms with Gasteiger partial charge in [0.1, 0.15) is 5.82 Å². The first-order valence-corrected chi connectivity index (χ1v) is 7.02. The summed E-state index contributed by atoms with van der Waals surface area (Å²) in [4.78, 5) is 0. The van der Waals surface area contributed by atoms with E-state index in [0.717, 1.165) is 16.7 Å². The molecule has 0 aliphatic carbocycles. The molecule has 2 rings (SSSR count). The van der Waals surface area contributed by atoms with Gasteiger partial charge in [0.25, 0.3) is 0 Å². The zero-order valence-electron chi connectivity index (χ0n) is 10.3. The first-order valence-electron chi connectivity index (χ1n) is 5.85. The van der Waals surface area contributed by atoms with Gasteiger partial charge in [-0.2, -0.15) is 0 Å². The van der Waals surface area contributed by atoms with Gasteiger partial charge in [0.15, 0.2) is 0 Å². The number of hydrogen-bond donors (Lipinski definition) is 1. The van der Waals surface area contributed by atoms with Crippen molar-refractivity contribution >= 4 is 27.5 Å². The highest BCUT2D eigenvalue weighted by Crippen LogP contribution is 2.25. The molecule has 1 unspecified atom stereocenters. The summed E-state index contributed by atoms with van der Waals surface area (Å²) in [7, 11) is 0. The summed E-state index contributed by atoms with van der Waals surface area (Å²) in [6, 6.07) is 10.2. The minimum absolute atomic E-state index is 0.309. The molecule has 1 nitrogen and oxygen atoms in total. The van der Waals surface area contributed by atoms with Crippen molar-refractivity contribution < 1.29 is 9.50 Å². The second kappa shape index (κ2) is 6.04. The fourth-order valence-electron chi connectivity index (χ4n) is 1.82. The number of hydrogen-bond acceptors (Lipinski definition) is 1. The Morgan fingerprint density at radius 2 is 2.00 bits per heavy atom. The Labute approximate surface area is 125 Å². The highest BCUT2D eigenvalue weighted by Gasteiger charge is 2.11. The molecule has 2 aromatic carbocycles. The molecule has 1 N–H and O–H groups in total. The standard InChI is InChI=1S/C15H13BrClFO/c1-9-2-4-11(8-13(9)17)15(19)7-10-3-5-14(18)12(16)6-10/h2-6,8,15,19H,7H2,1H3. The van der Waals surface area contributed by atoms with Gasteiger partial charge < -0.3 is 5.11 Å². The van der Waals surface area contributed by atoms with Crippen LogP contribution < -0.4 is 0 Å². The molecule has 0 bridgehead atoms. The van der Waals surface area contributed by atoms with Crippen molar-refractivity contribution in [3.05, 3.63) is 68.4 Å². The number of aliphatic hydroxyl groups is 1. The number of rotatable bonds is 3. The quantitative estimate of drug-likeness (QED) is 0.846. The Bertz CT molecular complexity index is 601. The van der Waals surface area contributed by atoms with E-state index in [1.807, 2.05) is 19.1 Å². The van der Waals surface area contributed by atoms with Crippen molar-refractivity contribution in [3.63, 3.8) is 0 Å². The minimum atomic E-state index is -0.657. The van der Waals surface area contributed by atoms with E-state index in [0.29, 0.717) is 15.9 Å². The van der Waals surface area contributed by atoms with Crippen molar-refractivity contribution in [3.8, 4) is 0 Å². The maximum absolute atomic E-state index is 13.1. The lowest BCUT2D eigenvalue weighted by molar-refractivity contribution is 0.178. The highest BCUT2D eigenvalue weighted by molar-refractivity contribution is 9.10. The van der Waals surface area contributed by atoms with Gasteiger partial charge in [0.05, 0.1) is 10.6 Å². The lowest BCUT2D eigenvalue weighted by Crippen LogP contribution is -2.02. The third-order valence-electron chi connectivity index (χ3n) is 2.99. The Balaban J connectivity index is 2.17.